The molecule has 0 amide bonds. The zero-order valence-corrected chi connectivity index (χ0v) is 18.9. The number of thiazole rings is 1. The van der Waals surface area contributed by atoms with Crippen molar-refractivity contribution in [3.63, 3.8) is 0 Å². The van der Waals surface area contributed by atoms with Gasteiger partial charge in [0, 0.05) is 11.1 Å². The third kappa shape index (κ3) is 3.91. The van der Waals surface area contributed by atoms with Crippen molar-refractivity contribution in [1.29, 1.82) is 0 Å². The van der Waals surface area contributed by atoms with Gasteiger partial charge < -0.3 is 9.47 Å². The Labute approximate surface area is 189 Å². The van der Waals surface area contributed by atoms with Crippen molar-refractivity contribution in [2.45, 2.75) is 26.9 Å². The van der Waals surface area contributed by atoms with Gasteiger partial charge in [-0.25, -0.2) is 0 Å². The molecule has 0 aliphatic carbocycles. The lowest BCUT2D eigenvalue weighted by molar-refractivity contribution is 0.259. The van der Waals surface area contributed by atoms with Crippen molar-refractivity contribution in [1.82, 2.24) is 14.6 Å². The second-order valence-electron chi connectivity index (χ2n) is 8.22. The molecule has 7 heteroatoms. The largest absolute Gasteiger partial charge is 0.493 e. The van der Waals surface area contributed by atoms with Crippen LogP contribution in [0.3, 0.4) is 0 Å². The Morgan fingerprint density at radius 2 is 1.97 bits per heavy atom. The highest BCUT2D eigenvalue weighted by Crippen LogP contribution is 2.29. The minimum Gasteiger partial charge on any atom is -0.493 e. The van der Waals surface area contributed by atoms with Crippen molar-refractivity contribution in [2.24, 2.45) is 5.92 Å². The molecule has 0 spiro atoms. The molecule has 0 N–H and O–H groups in total. The SMILES string of the molecule is CC(C)COc1ccc(-c2nc3sc(=CC4=Cc5ccccc5OC4C)c(=O)n3n2)cc1. The first kappa shape index (κ1) is 20.5. The van der Waals surface area contributed by atoms with Crippen molar-refractivity contribution in [2.75, 3.05) is 6.61 Å². The van der Waals surface area contributed by atoms with Crippen molar-refractivity contribution < 1.29 is 9.47 Å². The van der Waals surface area contributed by atoms with Crippen LogP contribution in [0, 0.1) is 5.92 Å². The van der Waals surface area contributed by atoms with E-state index in [0.717, 1.165) is 28.2 Å². The van der Waals surface area contributed by atoms with E-state index in [1.165, 1.54) is 15.9 Å². The standard InChI is InChI=1S/C25H23N3O3S/c1-15(2)14-30-20-10-8-17(9-11-20)23-26-25-28(27-23)24(29)22(32-25)13-19-12-18-6-4-5-7-21(18)31-16(19)3/h4-13,15-16H,14H2,1-3H3. The number of hydrogen-bond donors (Lipinski definition) is 0. The number of benzene rings is 2. The Hall–Kier alpha value is -3.45. The number of aromatic nitrogens is 3. The van der Waals surface area contributed by atoms with Crippen LogP contribution < -0.4 is 19.6 Å². The van der Waals surface area contributed by atoms with Crippen LogP contribution in [-0.4, -0.2) is 27.3 Å². The van der Waals surface area contributed by atoms with Gasteiger partial charge >= 0.3 is 0 Å². The first-order valence-electron chi connectivity index (χ1n) is 10.6. The summed E-state index contributed by atoms with van der Waals surface area (Å²) in [6.07, 6.45) is 3.80. The Bertz CT molecular complexity index is 1420. The molecule has 5 rings (SSSR count). The molecule has 32 heavy (non-hydrogen) atoms. The van der Waals surface area contributed by atoms with Gasteiger partial charge in [-0.15, -0.1) is 5.10 Å². The molecule has 0 bridgehead atoms. The maximum atomic E-state index is 13.0. The molecule has 1 atom stereocenters. The van der Waals surface area contributed by atoms with Crippen molar-refractivity contribution in [3.05, 3.63) is 74.6 Å². The minimum atomic E-state index is -0.174. The molecule has 3 heterocycles. The summed E-state index contributed by atoms with van der Waals surface area (Å²) in [5.41, 5.74) is 2.62. The number of rotatable bonds is 5. The first-order chi connectivity index (χ1) is 15.5. The molecule has 0 radical (unpaired) electrons. The number of ether oxygens (including phenoxy) is 2. The van der Waals surface area contributed by atoms with Crippen LogP contribution in [-0.2, 0) is 0 Å². The summed E-state index contributed by atoms with van der Waals surface area (Å²) < 4.78 is 13.7. The van der Waals surface area contributed by atoms with Gasteiger partial charge in [0.1, 0.15) is 17.6 Å². The van der Waals surface area contributed by atoms with E-state index in [1.807, 2.05) is 61.5 Å². The second kappa shape index (κ2) is 8.24. The van der Waals surface area contributed by atoms with E-state index >= 15 is 0 Å². The molecular weight excluding hydrogens is 422 g/mol. The molecule has 0 saturated carbocycles. The Morgan fingerprint density at radius 3 is 2.72 bits per heavy atom. The predicted molar refractivity (Wildman–Crippen MR) is 127 cm³/mol. The van der Waals surface area contributed by atoms with Crippen LogP contribution in [0.1, 0.15) is 26.3 Å². The van der Waals surface area contributed by atoms with E-state index in [0.29, 0.717) is 27.8 Å². The Kier molecular flexibility index (Phi) is 5.27. The van der Waals surface area contributed by atoms with Gasteiger partial charge in [-0.2, -0.15) is 9.50 Å². The topological polar surface area (TPSA) is 65.7 Å². The summed E-state index contributed by atoms with van der Waals surface area (Å²) in [5.74, 6) is 2.65. The van der Waals surface area contributed by atoms with Crippen LogP contribution >= 0.6 is 11.3 Å². The fourth-order valence-corrected chi connectivity index (χ4v) is 4.40. The summed E-state index contributed by atoms with van der Waals surface area (Å²) in [7, 11) is 0. The number of hydrogen-bond acceptors (Lipinski definition) is 6. The summed E-state index contributed by atoms with van der Waals surface area (Å²) in [6.45, 7) is 6.87. The van der Waals surface area contributed by atoms with Crippen molar-refractivity contribution in [3.8, 4) is 22.9 Å². The van der Waals surface area contributed by atoms with E-state index in [2.05, 4.69) is 30.0 Å². The molecule has 1 aliphatic heterocycles. The average Bonchev–Trinajstić information content (AvgIpc) is 3.32. The molecule has 1 unspecified atom stereocenters. The lowest BCUT2D eigenvalue weighted by atomic mass is 10.0. The summed E-state index contributed by atoms with van der Waals surface area (Å²) >= 11 is 1.33. The molecule has 4 aromatic rings. The predicted octanol–water partition coefficient (Wildman–Crippen LogP) is 4.22. The van der Waals surface area contributed by atoms with E-state index in [1.54, 1.807) is 0 Å². The van der Waals surface area contributed by atoms with Crippen LogP contribution in [0.2, 0.25) is 0 Å². The van der Waals surface area contributed by atoms with Gasteiger partial charge in [0.2, 0.25) is 4.96 Å². The highest BCUT2D eigenvalue weighted by Gasteiger charge is 2.18. The summed E-state index contributed by atoms with van der Waals surface area (Å²) in [4.78, 5) is 18.1. The molecule has 2 aromatic carbocycles. The molecule has 2 aromatic heterocycles. The fraction of sp³-hybridized carbons (Fsp3) is 0.240. The molecular formula is C25H23N3O3S. The molecule has 0 saturated heterocycles. The van der Waals surface area contributed by atoms with Crippen LogP contribution in [0.15, 0.2) is 58.9 Å². The minimum absolute atomic E-state index is 0.140. The van der Waals surface area contributed by atoms with Gasteiger partial charge in [-0.3, -0.25) is 4.79 Å². The third-order valence-corrected chi connectivity index (χ3v) is 6.15. The maximum absolute atomic E-state index is 13.0. The van der Waals surface area contributed by atoms with Crippen LogP contribution in [0.25, 0.3) is 28.5 Å². The van der Waals surface area contributed by atoms with E-state index in [9.17, 15) is 4.79 Å². The van der Waals surface area contributed by atoms with Gasteiger partial charge in [0.15, 0.2) is 5.82 Å². The summed E-state index contributed by atoms with van der Waals surface area (Å²) in [6, 6.07) is 15.5. The average molecular weight is 446 g/mol. The Balaban J connectivity index is 1.45. The molecule has 162 valence electrons. The van der Waals surface area contributed by atoms with E-state index in [-0.39, 0.29) is 11.7 Å². The number of nitrogens with zero attached hydrogens (tertiary/aromatic N) is 3. The molecule has 1 aliphatic rings. The van der Waals surface area contributed by atoms with Gasteiger partial charge in [0.05, 0.1) is 11.1 Å². The van der Waals surface area contributed by atoms with Crippen LogP contribution in [0.4, 0.5) is 0 Å². The smallest absolute Gasteiger partial charge is 0.291 e. The fourth-order valence-electron chi connectivity index (χ4n) is 3.49. The zero-order valence-electron chi connectivity index (χ0n) is 18.1. The highest BCUT2D eigenvalue weighted by molar-refractivity contribution is 7.15. The van der Waals surface area contributed by atoms with E-state index in [4.69, 9.17) is 9.47 Å². The van der Waals surface area contributed by atoms with Gasteiger partial charge in [0.25, 0.3) is 5.56 Å². The Morgan fingerprint density at radius 1 is 1.19 bits per heavy atom. The van der Waals surface area contributed by atoms with Gasteiger partial charge in [-0.1, -0.05) is 43.4 Å². The second-order valence-corrected chi connectivity index (χ2v) is 9.23. The monoisotopic (exact) mass is 445 g/mol. The first-order valence-corrected chi connectivity index (χ1v) is 11.4. The van der Waals surface area contributed by atoms with E-state index < -0.39 is 0 Å². The lowest BCUT2D eigenvalue weighted by Gasteiger charge is -2.22. The highest BCUT2D eigenvalue weighted by atomic mass is 32.1. The normalized spacial score (nSPS) is 16.2. The maximum Gasteiger partial charge on any atom is 0.291 e. The zero-order chi connectivity index (χ0) is 22.2. The van der Waals surface area contributed by atoms with Crippen LogP contribution in [0.5, 0.6) is 11.5 Å². The van der Waals surface area contributed by atoms with Crippen molar-refractivity contribution >= 4 is 28.4 Å². The van der Waals surface area contributed by atoms with Gasteiger partial charge in [-0.05, 0) is 60.9 Å². The quantitative estimate of drug-likeness (QED) is 0.460. The molecule has 6 nitrogen and oxygen atoms in total. The number of fused-ring (bicyclic) bond motifs is 2. The molecule has 0 fully saturated rings. The number of para-hydroxylation sites is 1. The summed E-state index contributed by atoms with van der Waals surface area (Å²) in [5, 5.41) is 4.45. The third-order valence-electron chi connectivity index (χ3n) is 5.19. The lowest BCUT2D eigenvalue weighted by Crippen LogP contribution is -2.26.